The van der Waals surface area contributed by atoms with E-state index in [0.29, 0.717) is 24.0 Å². The largest absolute Gasteiger partial charge is 0.478 e. The molecule has 0 saturated heterocycles. The zero-order chi connectivity index (χ0) is 14.8. The number of hydrogen-bond donors (Lipinski definition) is 1. The topological polar surface area (TPSA) is 59.3 Å². The normalized spacial score (nSPS) is 10.8. The van der Waals surface area contributed by atoms with Crippen molar-refractivity contribution >= 4 is 12.3 Å². The molecule has 1 heterocycles. The molecule has 1 N–H and O–H groups in total. The van der Waals surface area contributed by atoms with Crippen molar-refractivity contribution in [2.45, 2.75) is 34.1 Å². The molecule has 1 aromatic rings. The molecule has 0 spiro atoms. The van der Waals surface area contributed by atoms with Crippen molar-refractivity contribution in [3.8, 4) is 11.8 Å². The molecule has 102 valence electrons. The Kier molecular flexibility index (Phi) is 4.21. The lowest BCUT2D eigenvalue weighted by Gasteiger charge is -2.07. The van der Waals surface area contributed by atoms with Crippen LogP contribution < -0.4 is 0 Å². The molecule has 4 nitrogen and oxygen atoms in total. The Bertz CT molecular complexity index is 577. The lowest BCUT2D eigenvalue weighted by atomic mass is 9.97. The van der Waals surface area contributed by atoms with Gasteiger partial charge in [0.2, 0.25) is 0 Å². The Balaban J connectivity index is 3.60. The molecule has 0 amide bonds. The van der Waals surface area contributed by atoms with E-state index >= 15 is 0 Å². The number of aldehydes is 1. The Morgan fingerprint density at radius 1 is 1.42 bits per heavy atom. The molecule has 1 aromatic heterocycles. The summed E-state index contributed by atoms with van der Waals surface area (Å²) in [4.78, 5) is 22.4. The van der Waals surface area contributed by atoms with Crippen LogP contribution in [0.5, 0.6) is 0 Å². The number of carboxylic acids is 1. The number of carboxylic acid groups (broad SMARTS) is 1. The number of rotatable bonds is 3. The summed E-state index contributed by atoms with van der Waals surface area (Å²) in [6.07, 6.45) is 1.10. The van der Waals surface area contributed by atoms with Crippen LogP contribution >= 0.6 is 0 Å². The third-order valence-corrected chi connectivity index (χ3v) is 2.78. The first kappa shape index (κ1) is 15.0. The third kappa shape index (κ3) is 3.05. The SMILES string of the molecule is CCc1c(C(=O)O)c(C=O)n(C)c1C#CC(C)(C)C. The fourth-order valence-electron chi connectivity index (χ4n) is 1.89. The maximum atomic E-state index is 11.3. The van der Waals surface area contributed by atoms with E-state index in [2.05, 4.69) is 11.8 Å². The third-order valence-electron chi connectivity index (χ3n) is 2.78. The van der Waals surface area contributed by atoms with Crippen molar-refractivity contribution in [2.75, 3.05) is 0 Å². The van der Waals surface area contributed by atoms with Crippen LogP contribution in [-0.2, 0) is 13.5 Å². The predicted octanol–water partition coefficient (Wildman–Crippen LogP) is 2.50. The van der Waals surface area contributed by atoms with E-state index in [-0.39, 0.29) is 16.7 Å². The summed E-state index contributed by atoms with van der Waals surface area (Å²) >= 11 is 0. The van der Waals surface area contributed by atoms with E-state index in [4.69, 9.17) is 0 Å². The van der Waals surface area contributed by atoms with E-state index in [9.17, 15) is 14.7 Å². The predicted molar refractivity (Wildman–Crippen MR) is 73.5 cm³/mol. The lowest BCUT2D eigenvalue weighted by Crippen LogP contribution is -2.04. The minimum Gasteiger partial charge on any atom is -0.478 e. The first-order chi connectivity index (χ1) is 8.72. The van der Waals surface area contributed by atoms with Gasteiger partial charge in [-0.3, -0.25) is 4.79 Å². The average Bonchev–Trinajstić information content (AvgIpc) is 2.57. The lowest BCUT2D eigenvalue weighted by molar-refractivity contribution is 0.0692. The summed E-state index contributed by atoms with van der Waals surface area (Å²) in [7, 11) is 1.67. The number of hydrogen-bond acceptors (Lipinski definition) is 2. The molecule has 0 fully saturated rings. The molecule has 0 aliphatic rings. The molecule has 19 heavy (non-hydrogen) atoms. The maximum absolute atomic E-state index is 11.3. The molecule has 0 bridgehead atoms. The average molecular weight is 261 g/mol. The van der Waals surface area contributed by atoms with Gasteiger partial charge in [-0.2, -0.15) is 0 Å². The second-order valence-corrected chi connectivity index (χ2v) is 5.42. The van der Waals surface area contributed by atoms with Gasteiger partial charge in [0.05, 0.1) is 17.0 Å². The van der Waals surface area contributed by atoms with Crippen LogP contribution in [0.25, 0.3) is 0 Å². The molecule has 0 unspecified atom stereocenters. The zero-order valence-electron chi connectivity index (χ0n) is 12.0. The van der Waals surface area contributed by atoms with Gasteiger partial charge in [-0.1, -0.05) is 12.8 Å². The summed E-state index contributed by atoms with van der Waals surface area (Å²) in [5.74, 6) is 5.01. The summed E-state index contributed by atoms with van der Waals surface area (Å²) < 4.78 is 1.56. The van der Waals surface area contributed by atoms with Crippen LogP contribution in [0.1, 0.15) is 59.8 Å². The highest BCUT2D eigenvalue weighted by atomic mass is 16.4. The van der Waals surface area contributed by atoms with Crippen LogP contribution in [-0.4, -0.2) is 21.9 Å². The molecule has 0 aliphatic carbocycles. The van der Waals surface area contributed by atoms with Gasteiger partial charge < -0.3 is 9.67 Å². The highest BCUT2D eigenvalue weighted by Crippen LogP contribution is 2.22. The zero-order valence-corrected chi connectivity index (χ0v) is 12.0. The van der Waals surface area contributed by atoms with Crippen LogP contribution in [0.3, 0.4) is 0 Å². The summed E-state index contributed by atoms with van der Waals surface area (Å²) in [5.41, 5.74) is 1.28. The second-order valence-electron chi connectivity index (χ2n) is 5.42. The van der Waals surface area contributed by atoms with Crippen molar-refractivity contribution in [2.24, 2.45) is 12.5 Å². The molecule has 1 rings (SSSR count). The minimum atomic E-state index is -1.08. The molecular formula is C15H19NO3. The summed E-state index contributed by atoms with van der Waals surface area (Å²) in [6.45, 7) is 7.80. The van der Waals surface area contributed by atoms with Gasteiger partial charge in [-0.05, 0) is 33.1 Å². The summed E-state index contributed by atoms with van der Waals surface area (Å²) in [6, 6.07) is 0. The molecule has 0 aliphatic heterocycles. The van der Waals surface area contributed by atoms with E-state index < -0.39 is 5.97 Å². The number of carbonyl (C=O) groups excluding carboxylic acids is 1. The standard InChI is InChI=1S/C15H19NO3/c1-6-10-11(7-8-15(2,3)4)16(5)12(9-17)13(10)14(18)19/h9H,6H2,1-5H3,(H,18,19). The van der Waals surface area contributed by atoms with Crippen molar-refractivity contribution < 1.29 is 14.7 Å². The van der Waals surface area contributed by atoms with Crippen LogP contribution in [0.4, 0.5) is 0 Å². The van der Waals surface area contributed by atoms with Crippen LogP contribution in [0, 0.1) is 17.3 Å². The first-order valence-corrected chi connectivity index (χ1v) is 6.16. The molecule has 0 saturated carbocycles. The van der Waals surface area contributed by atoms with E-state index in [1.807, 2.05) is 27.7 Å². The van der Waals surface area contributed by atoms with E-state index in [0.717, 1.165) is 0 Å². The van der Waals surface area contributed by atoms with Crippen molar-refractivity contribution in [1.82, 2.24) is 4.57 Å². The quantitative estimate of drug-likeness (QED) is 0.671. The fourth-order valence-corrected chi connectivity index (χ4v) is 1.89. The van der Waals surface area contributed by atoms with Gasteiger partial charge in [-0.25, -0.2) is 4.79 Å². The molecular weight excluding hydrogens is 242 g/mol. The number of aromatic nitrogens is 1. The van der Waals surface area contributed by atoms with Crippen LogP contribution in [0.15, 0.2) is 0 Å². The Hall–Kier alpha value is -2.02. The molecule has 0 aromatic carbocycles. The van der Waals surface area contributed by atoms with Crippen molar-refractivity contribution in [3.63, 3.8) is 0 Å². The number of aromatic carboxylic acids is 1. The summed E-state index contributed by atoms with van der Waals surface area (Å²) in [5, 5.41) is 9.25. The van der Waals surface area contributed by atoms with Gasteiger partial charge in [0.25, 0.3) is 0 Å². The number of carbonyl (C=O) groups is 2. The van der Waals surface area contributed by atoms with Gasteiger partial charge >= 0.3 is 5.97 Å². The van der Waals surface area contributed by atoms with Gasteiger partial charge in [-0.15, -0.1) is 0 Å². The maximum Gasteiger partial charge on any atom is 0.338 e. The number of nitrogens with zero attached hydrogens (tertiary/aromatic N) is 1. The molecule has 0 radical (unpaired) electrons. The van der Waals surface area contributed by atoms with E-state index in [1.165, 1.54) is 0 Å². The van der Waals surface area contributed by atoms with Gasteiger partial charge in [0.1, 0.15) is 0 Å². The Labute approximate surface area is 113 Å². The van der Waals surface area contributed by atoms with Crippen molar-refractivity contribution in [3.05, 3.63) is 22.5 Å². The molecule has 0 atom stereocenters. The van der Waals surface area contributed by atoms with E-state index in [1.54, 1.807) is 11.6 Å². The monoisotopic (exact) mass is 261 g/mol. The Morgan fingerprint density at radius 3 is 2.37 bits per heavy atom. The first-order valence-electron chi connectivity index (χ1n) is 6.16. The Morgan fingerprint density at radius 2 is 2.00 bits per heavy atom. The van der Waals surface area contributed by atoms with Crippen molar-refractivity contribution in [1.29, 1.82) is 0 Å². The highest BCUT2D eigenvalue weighted by Gasteiger charge is 2.23. The minimum absolute atomic E-state index is 0.0678. The highest BCUT2D eigenvalue weighted by molar-refractivity contribution is 5.99. The van der Waals surface area contributed by atoms with Gasteiger partial charge in [0.15, 0.2) is 6.29 Å². The van der Waals surface area contributed by atoms with Gasteiger partial charge in [0, 0.05) is 18.0 Å². The van der Waals surface area contributed by atoms with Crippen LogP contribution in [0.2, 0.25) is 0 Å². The second kappa shape index (κ2) is 5.31. The fraction of sp³-hybridized carbons (Fsp3) is 0.467. The molecule has 4 heteroatoms. The smallest absolute Gasteiger partial charge is 0.338 e.